The van der Waals surface area contributed by atoms with Gasteiger partial charge in [0.25, 0.3) is 0 Å². The Hall–Kier alpha value is -0.780. The van der Waals surface area contributed by atoms with Gasteiger partial charge in [0.15, 0.2) is 9.84 Å². The summed E-state index contributed by atoms with van der Waals surface area (Å²) in [4.78, 5) is 12.7. The molecule has 1 aliphatic rings. The van der Waals surface area contributed by atoms with Crippen LogP contribution in [0.1, 0.15) is 12.8 Å². The van der Waals surface area contributed by atoms with Crippen molar-refractivity contribution >= 4 is 38.4 Å². The lowest BCUT2D eigenvalue weighted by atomic mass is 10.1. The summed E-state index contributed by atoms with van der Waals surface area (Å²) in [7, 11) is -3.37. The maximum Gasteiger partial charge on any atom is 0.316 e. The molecule has 0 spiro atoms. The molecule has 0 aliphatic carbocycles. The molecule has 1 amide bonds. The van der Waals surface area contributed by atoms with Gasteiger partial charge in [-0.05, 0) is 48.7 Å². The molecule has 4 nitrogen and oxygen atoms in total. The minimum absolute atomic E-state index is 0.271. The molecular weight excluding hydrogens is 309 g/mol. The molecule has 0 N–H and O–H groups in total. The van der Waals surface area contributed by atoms with E-state index in [0.717, 1.165) is 0 Å². The van der Waals surface area contributed by atoms with Gasteiger partial charge in [-0.1, -0.05) is 11.6 Å². The summed E-state index contributed by atoms with van der Waals surface area (Å²) in [6, 6.07) is 6.14. The molecule has 1 aromatic rings. The molecule has 1 fully saturated rings. The fourth-order valence-electron chi connectivity index (χ4n) is 2.16. The van der Waals surface area contributed by atoms with Crippen LogP contribution in [0.2, 0.25) is 5.02 Å². The third-order valence-electron chi connectivity index (χ3n) is 3.27. The zero-order chi connectivity index (χ0) is 14.0. The molecule has 1 aliphatic heterocycles. The van der Waals surface area contributed by atoms with E-state index in [9.17, 15) is 13.2 Å². The quantitative estimate of drug-likeness (QED) is 0.621. The maximum absolute atomic E-state index is 12.4. The summed E-state index contributed by atoms with van der Waals surface area (Å²) in [5.41, 5.74) is 0. The molecule has 1 aromatic carbocycles. The van der Waals surface area contributed by atoms with E-state index < -0.39 is 20.5 Å². The number of benzene rings is 1. The van der Waals surface area contributed by atoms with E-state index in [1.165, 1.54) is 17.0 Å². The van der Waals surface area contributed by atoms with Gasteiger partial charge in [-0.15, -0.1) is 0 Å². The lowest BCUT2D eigenvalue weighted by Gasteiger charge is -2.30. The first-order chi connectivity index (χ1) is 8.91. The highest BCUT2D eigenvalue weighted by atomic mass is 35.5. The second-order valence-corrected chi connectivity index (χ2v) is 7.43. The Balaban J connectivity index is 2.14. The molecule has 0 bridgehead atoms. The van der Waals surface area contributed by atoms with Crippen LogP contribution in [0.4, 0.5) is 4.79 Å². The van der Waals surface area contributed by atoms with Crippen molar-refractivity contribution in [2.24, 2.45) is 0 Å². The average molecular weight is 322 g/mol. The molecule has 19 heavy (non-hydrogen) atoms. The van der Waals surface area contributed by atoms with Crippen LogP contribution >= 0.6 is 23.2 Å². The smallest absolute Gasteiger partial charge is 0.316 e. The van der Waals surface area contributed by atoms with Gasteiger partial charge in [0, 0.05) is 18.1 Å². The van der Waals surface area contributed by atoms with Crippen LogP contribution in [0.5, 0.6) is 0 Å². The Morgan fingerprint density at radius 1 is 1.16 bits per heavy atom. The van der Waals surface area contributed by atoms with Crippen LogP contribution in [-0.4, -0.2) is 37.0 Å². The molecule has 1 heterocycles. The lowest BCUT2D eigenvalue weighted by Crippen LogP contribution is -2.40. The van der Waals surface area contributed by atoms with E-state index in [2.05, 4.69) is 0 Å². The third-order valence-corrected chi connectivity index (χ3v) is 6.04. The first kappa shape index (κ1) is 14.6. The first-order valence-electron chi connectivity index (χ1n) is 5.85. The molecule has 1 saturated heterocycles. The van der Waals surface area contributed by atoms with Crippen LogP contribution in [0, 0.1) is 0 Å². The molecule has 0 aromatic heterocycles. The SMILES string of the molecule is O=C(Cl)N1CCC(S(=O)(=O)c2ccc(Cl)cc2)CC1. The summed E-state index contributed by atoms with van der Waals surface area (Å²) < 4.78 is 24.8. The largest absolute Gasteiger partial charge is 0.329 e. The first-order valence-corrected chi connectivity index (χ1v) is 8.15. The van der Waals surface area contributed by atoms with Crippen molar-refractivity contribution in [3.8, 4) is 0 Å². The van der Waals surface area contributed by atoms with Crippen molar-refractivity contribution in [1.82, 2.24) is 4.90 Å². The van der Waals surface area contributed by atoms with Gasteiger partial charge in [0.2, 0.25) is 0 Å². The van der Waals surface area contributed by atoms with Crippen molar-refractivity contribution in [3.63, 3.8) is 0 Å². The van der Waals surface area contributed by atoms with Crippen molar-refractivity contribution in [2.45, 2.75) is 23.0 Å². The van der Waals surface area contributed by atoms with Crippen LogP contribution in [0.3, 0.4) is 0 Å². The lowest BCUT2D eigenvalue weighted by molar-refractivity contribution is 0.210. The van der Waals surface area contributed by atoms with E-state index in [0.29, 0.717) is 31.0 Å². The molecule has 0 saturated carbocycles. The highest BCUT2D eigenvalue weighted by Crippen LogP contribution is 2.25. The van der Waals surface area contributed by atoms with Crippen molar-refractivity contribution < 1.29 is 13.2 Å². The van der Waals surface area contributed by atoms with Crippen LogP contribution in [0.15, 0.2) is 29.2 Å². The van der Waals surface area contributed by atoms with Gasteiger partial charge < -0.3 is 4.90 Å². The van der Waals surface area contributed by atoms with E-state index in [-0.39, 0.29) is 4.90 Å². The van der Waals surface area contributed by atoms with Crippen molar-refractivity contribution in [1.29, 1.82) is 0 Å². The number of piperidine rings is 1. The second kappa shape index (κ2) is 5.69. The Labute approximate surface area is 122 Å². The molecule has 104 valence electrons. The number of likely N-dealkylation sites (tertiary alicyclic amines) is 1. The number of carbonyl (C=O) groups excluding carboxylic acids is 1. The van der Waals surface area contributed by atoms with E-state index in [1.54, 1.807) is 12.1 Å². The zero-order valence-electron chi connectivity index (χ0n) is 10.1. The van der Waals surface area contributed by atoms with Crippen LogP contribution < -0.4 is 0 Å². The predicted octanol–water partition coefficient (Wildman–Crippen LogP) is 2.94. The fourth-order valence-corrected chi connectivity index (χ4v) is 4.19. The number of hydrogen-bond acceptors (Lipinski definition) is 3. The van der Waals surface area contributed by atoms with E-state index in [4.69, 9.17) is 23.2 Å². The summed E-state index contributed by atoms with van der Waals surface area (Å²) >= 11 is 11.1. The summed E-state index contributed by atoms with van der Waals surface area (Å²) in [5, 5.41) is -0.496. The number of amides is 1. The number of carbonyl (C=O) groups is 1. The topological polar surface area (TPSA) is 54.5 Å². The summed E-state index contributed by atoms with van der Waals surface area (Å²) in [6.07, 6.45) is 0.812. The highest BCUT2D eigenvalue weighted by molar-refractivity contribution is 7.92. The predicted molar refractivity (Wildman–Crippen MR) is 74.5 cm³/mol. The monoisotopic (exact) mass is 321 g/mol. The molecule has 7 heteroatoms. The maximum atomic E-state index is 12.4. The standard InChI is InChI=1S/C12H13Cl2NO3S/c13-9-1-3-10(4-2-9)19(17,18)11-5-7-15(8-6-11)12(14)16/h1-4,11H,5-8H2. The van der Waals surface area contributed by atoms with Gasteiger partial charge in [-0.2, -0.15) is 0 Å². The minimum atomic E-state index is -3.37. The fraction of sp³-hybridized carbons (Fsp3) is 0.417. The van der Waals surface area contributed by atoms with Crippen molar-refractivity contribution in [3.05, 3.63) is 29.3 Å². The Morgan fingerprint density at radius 2 is 1.68 bits per heavy atom. The van der Waals surface area contributed by atoms with Crippen molar-refractivity contribution in [2.75, 3.05) is 13.1 Å². The summed E-state index contributed by atoms with van der Waals surface area (Å²) in [6.45, 7) is 0.750. The molecule has 0 unspecified atom stereocenters. The average Bonchev–Trinajstić information content (AvgIpc) is 2.39. The van der Waals surface area contributed by atoms with Gasteiger partial charge in [0.1, 0.15) is 0 Å². The van der Waals surface area contributed by atoms with E-state index >= 15 is 0 Å². The molecular formula is C12H13Cl2NO3S. The van der Waals surface area contributed by atoms with Gasteiger partial charge in [-0.25, -0.2) is 8.42 Å². The normalized spacial score (nSPS) is 17.5. The minimum Gasteiger partial charge on any atom is -0.329 e. The Kier molecular flexibility index (Phi) is 4.38. The number of rotatable bonds is 2. The third kappa shape index (κ3) is 3.22. The number of hydrogen-bond donors (Lipinski definition) is 0. The molecule has 0 atom stereocenters. The zero-order valence-corrected chi connectivity index (χ0v) is 12.4. The number of sulfone groups is 1. The van der Waals surface area contributed by atoms with Crippen LogP contribution in [0.25, 0.3) is 0 Å². The molecule has 2 rings (SSSR count). The number of halogens is 2. The second-order valence-electron chi connectivity index (χ2n) is 4.44. The summed E-state index contributed by atoms with van der Waals surface area (Å²) in [5.74, 6) is 0. The Morgan fingerprint density at radius 3 is 2.16 bits per heavy atom. The van der Waals surface area contributed by atoms with Crippen LogP contribution in [-0.2, 0) is 9.84 Å². The highest BCUT2D eigenvalue weighted by Gasteiger charge is 2.32. The van der Waals surface area contributed by atoms with E-state index in [1.807, 2.05) is 0 Å². The Bertz CT molecular complexity index is 563. The molecule has 0 radical (unpaired) electrons. The van der Waals surface area contributed by atoms with Gasteiger partial charge in [-0.3, -0.25) is 4.79 Å². The van der Waals surface area contributed by atoms with Gasteiger partial charge in [0.05, 0.1) is 10.1 Å². The van der Waals surface area contributed by atoms with Gasteiger partial charge >= 0.3 is 5.37 Å². The number of nitrogens with zero attached hydrogens (tertiary/aromatic N) is 1.